The molecule has 5 unspecified atom stereocenters. The normalized spacial score (nSPS) is 19.3. The maximum absolute atomic E-state index is 14.7. The van der Waals surface area contributed by atoms with Crippen molar-refractivity contribution in [1.29, 1.82) is 0 Å². The van der Waals surface area contributed by atoms with Gasteiger partial charge in [-0.05, 0) is 157 Å². The van der Waals surface area contributed by atoms with Crippen molar-refractivity contribution in [3.05, 3.63) is 115 Å². The highest BCUT2D eigenvalue weighted by atomic mass is 19.4. The highest BCUT2D eigenvalue weighted by molar-refractivity contribution is 5.87. The number of alkyl halides is 23. The minimum atomic E-state index is -4.70. The van der Waals surface area contributed by atoms with E-state index in [0.717, 1.165) is 103 Å². The molecule has 0 aliphatic carbocycles. The molecule has 13 heterocycles. The molecule has 8 aliphatic rings. The van der Waals surface area contributed by atoms with Crippen molar-refractivity contribution in [3.8, 4) is 5.88 Å². The highest BCUT2D eigenvalue weighted by Crippen LogP contribution is 2.48. The Labute approximate surface area is 835 Å². The Hall–Kier alpha value is -12.8. The molecule has 13 rings (SSSR count). The predicted molar refractivity (Wildman–Crippen MR) is 463 cm³/mol. The van der Waals surface area contributed by atoms with E-state index in [9.17, 15) is 153 Å². The van der Waals surface area contributed by atoms with Crippen molar-refractivity contribution in [1.82, 2.24) is 98.8 Å². The molecule has 5 atom stereocenters. The Balaban J connectivity index is 0.000000207. The van der Waals surface area contributed by atoms with Crippen LogP contribution in [0, 0.1) is 5.82 Å². The Morgan fingerprint density at radius 2 is 0.624 bits per heavy atom. The summed E-state index contributed by atoms with van der Waals surface area (Å²) in [4.78, 5) is 170. The van der Waals surface area contributed by atoms with E-state index in [2.05, 4.69) is 73.5 Å². The number of aromatic nitrogens is 10. The summed E-state index contributed by atoms with van der Waals surface area (Å²) in [5, 5.41) is 0. The van der Waals surface area contributed by atoms with E-state index in [4.69, 9.17) is 4.74 Å². The number of likely N-dealkylation sites (tertiary alicyclic amines) is 8. The zero-order valence-electron chi connectivity index (χ0n) is 81.7. The summed E-state index contributed by atoms with van der Waals surface area (Å²) in [5.74, 6) is -23.4. The number of hydrogen-bond donors (Lipinski definition) is 0. The van der Waals surface area contributed by atoms with Crippen molar-refractivity contribution in [2.24, 2.45) is 0 Å². The zero-order chi connectivity index (χ0) is 111. The van der Waals surface area contributed by atoms with Crippen LogP contribution in [0.4, 0.5) is 129 Å². The van der Waals surface area contributed by atoms with E-state index in [1.54, 1.807) is 32.3 Å². The Kier molecular flexibility index (Phi) is 38.3. The van der Waals surface area contributed by atoms with Gasteiger partial charge in [0.05, 0.1) is 50.7 Å². The number of rotatable bonds is 18. The lowest BCUT2D eigenvalue weighted by atomic mass is 9.84. The molecule has 149 heavy (non-hydrogen) atoms. The summed E-state index contributed by atoms with van der Waals surface area (Å²) in [5.41, 5.74) is -6.69. The molecule has 8 fully saturated rings. The van der Waals surface area contributed by atoms with Crippen LogP contribution in [0.1, 0.15) is 180 Å². The second-order valence-corrected chi connectivity index (χ2v) is 36.9. The predicted octanol–water partition coefficient (Wildman–Crippen LogP) is 14.9. The quantitative estimate of drug-likeness (QED) is 0.0581. The van der Waals surface area contributed by atoms with Gasteiger partial charge in [-0.3, -0.25) is 43.9 Å². The summed E-state index contributed by atoms with van der Waals surface area (Å²) in [6.07, 6.45) is -22.5. The lowest BCUT2D eigenvalue weighted by Crippen LogP contribution is -2.58. The number of nitrogens with zero attached hydrogens (tertiary/aromatic N) is 20. The lowest BCUT2D eigenvalue weighted by Gasteiger charge is -2.45. The number of ether oxygens (including phenoxy) is 6. The van der Waals surface area contributed by atoms with Gasteiger partial charge >= 0.3 is 90.9 Å². The number of likely N-dealkylation sites (N-methyl/N-ethyl adjacent to an activating group) is 2. The highest BCUT2D eigenvalue weighted by Gasteiger charge is 2.60. The van der Waals surface area contributed by atoms with Crippen LogP contribution in [0.5, 0.6) is 5.88 Å². The molecule has 60 heteroatoms. The van der Waals surface area contributed by atoms with Gasteiger partial charge in [0, 0.05) is 164 Å². The molecule has 0 aromatic carbocycles. The first-order valence-corrected chi connectivity index (χ1v) is 46.3. The Morgan fingerprint density at radius 1 is 0.336 bits per heavy atom. The van der Waals surface area contributed by atoms with E-state index < -0.39 is 190 Å². The molecule has 0 N–H and O–H groups in total. The molecule has 3 spiro atoms. The summed E-state index contributed by atoms with van der Waals surface area (Å²) in [7, 11) is 3.70. The van der Waals surface area contributed by atoms with Gasteiger partial charge in [0.15, 0.2) is 36.3 Å². The smallest absolute Gasteiger partial charge is 0.425 e. The van der Waals surface area contributed by atoms with Crippen LogP contribution in [-0.2, 0) is 77.8 Å². The summed E-state index contributed by atoms with van der Waals surface area (Å²) >= 11 is 0. The van der Waals surface area contributed by atoms with E-state index in [1.165, 1.54) is 38.5 Å². The summed E-state index contributed by atoms with van der Waals surface area (Å²) in [6, 6.07) is 1.68. The lowest BCUT2D eigenvalue weighted by molar-refractivity contribution is -0.200. The second kappa shape index (κ2) is 47.6. The molecular formula is C89H108F24N20O16. The van der Waals surface area contributed by atoms with Gasteiger partial charge in [-0.25, -0.2) is 58.3 Å². The van der Waals surface area contributed by atoms with Crippen LogP contribution in [0.25, 0.3) is 0 Å². The average molecular weight is 2170 g/mol. The van der Waals surface area contributed by atoms with E-state index >= 15 is 0 Å². The van der Waals surface area contributed by atoms with Gasteiger partial charge < -0.3 is 77.4 Å². The summed E-state index contributed by atoms with van der Waals surface area (Å²) < 4.78 is 346. The van der Waals surface area contributed by atoms with Crippen LogP contribution >= 0.6 is 0 Å². The number of hydrogen-bond acceptors (Lipinski definition) is 26. The first kappa shape index (κ1) is 120. The minimum absolute atomic E-state index is 0.00387. The standard InChI is InChI=1S/C18H20F6N4O3.C18H23F5N4O4.C18H21F5N4O3.C18H23F3N4O3.C17H21F5N4O3/c1-11(18(22,23)24)31-15(30)27-7-4-16(5-8-27)3-2-6-28(16)14(29)17(20,21)13-25-9-12(19)10-26-13;1-11(18(21,22)23)31-15(29)27-7-5-16(2,6-8-27)26(3)14(28)17(19,20)12-9-25-13(30-4)10-24-12;1-12(18(21,22)23)30-15(29)26-9-4-16(5-10-26)3-2-8-27(16)14(28)17(19,20)13-11-24-6-7-25-13;1-13(18(19,20)21)28-16(27)24-10-5-17(6-11-24)4-2-9-25(17)15(26)12-14-22-7-3-8-23-14;1-11(17(20,21)22)29-14(28)26-8-4-15(2,5-9-26)25(3)13(27)16(18,19)12-10-23-6-7-24-12/h9-11H,2-8H2,1H3;9-11H,5-8H2,1-4H3;6-7,11-12H,2-5,8-10H2,1H3;3,7-8,13H,2,4-6,9-12H2,1H3;6-7,10-11H,4-5,8-9H2,1-3H3. The monoisotopic (exact) mass is 2170 g/mol. The van der Waals surface area contributed by atoms with E-state index in [0.29, 0.717) is 84.1 Å². The van der Waals surface area contributed by atoms with Crippen molar-refractivity contribution >= 4 is 60.0 Å². The zero-order valence-corrected chi connectivity index (χ0v) is 81.7. The molecule has 36 nitrogen and oxygen atoms in total. The fourth-order valence-electron chi connectivity index (χ4n) is 17.5. The topological polar surface area (TPSA) is 387 Å². The third kappa shape index (κ3) is 29.3. The molecule has 5 aromatic rings. The Morgan fingerprint density at radius 3 is 0.913 bits per heavy atom. The van der Waals surface area contributed by atoms with Gasteiger partial charge in [0.25, 0.3) is 17.7 Å². The van der Waals surface area contributed by atoms with E-state index in [-0.39, 0.29) is 154 Å². The molecule has 828 valence electrons. The molecule has 0 radical (unpaired) electrons. The fourth-order valence-corrected chi connectivity index (χ4v) is 17.5. The maximum Gasteiger partial charge on any atom is 0.425 e. The van der Waals surface area contributed by atoms with Crippen LogP contribution in [-0.4, -0.2) is 354 Å². The number of amides is 10. The SMILES string of the molecule is CC(OC(=O)N1CCC(C)(N(C)C(=O)C(F)(F)c2cnccn2)CC1)C(F)(F)F.CC(OC(=O)N1CCC2(CCCN2C(=O)C(F)(F)c2cnccn2)CC1)C(F)(F)F.CC(OC(=O)N1CCC2(CCCN2C(=O)C(F)(F)c2ncc(F)cn2)CC1)C(F)(F)F.CC(OC(=O)N1CCC2(CCCN2C(=O)Cc2ncccn2)CC1)C(F)(F)F.COc1cnc(C(F)(F)C(=O)N(C)C2(C)CCN(C(=O)OC(C)C(F)(F)F)CC2)cn1. The molecule has 8 aliphatic heterocycles. The van der Waals surface area contributed by atoms with Crippen LogP contribution in [0.15, 0.2) is 80.4 Å². The molecular weight excluding hydrogens is 2060 g/mol. The van der Waals surface area contributed by atoms with Gasteiger partial charge in [-0.1, -0.05) is 0 Å². The van der Waals surface area contributed by atoms with Crippen molar-refractivity contribution in [2.75, 3.05) is 106 Å². The van der Waals surface area contributed by atoms with Crippen LogP contribution in [0.3, 0.4) is 0 Å². The van der Waals surface area contributed by atoms with Gasteiger partial charge in [0.1, 0.15) is 22.9 Å². The molecule has 0 bridgehead atoms. The molecule has 0 saturated carbocycles. The Bertz CT molecular complexity index is 5350. The number of carbonyl (C=O) groups excluding carboxylic acids is 10. The minimum Gasteiger partial charge on any atom is -0.480 e. The third-order valence-electron chi connectivity index (χ3n) is 27.4. The first-order valence-electron chi connectivity index (χ1n) is 46.3. The molecule has 8 saturated heterocycles. The number of methoxy groups -OCH3 is 1. The van der Waals surface area contributed by atoms with Crippen LogP contribution in [0.2, 0.25) is 0 Å². The van der Waals surface area contributed by atoms with Gasteiger partial charge in [0.2, 0.25) is 17.6 Å². The average Bonchev–Trinajstić information content (AvgIpc) is 1.65. The first-order chi connectivity index (χ1) is 69.1. The van der Waals surface area contributed by atoms with E-state index in [1.807, 2.05) is 4.90 Å². The molecule has 10 amide bonds. The third-order valence-corrected chi connectivity index (χ3v) is 27.4. The second-order valence-electron chi connectivity index (χ2n) is 36.9. The van der Waals surface area contributed by atoms with Crippen molar-refractivity contribution in [2.45, 2.75) is 270 Å². The molecule has 5 aromatic heterocycles. The van der Waals surface area contributed by atoms with Gasteiger partial charge in [-0.2, -0.15) is 101 Å². The van der Waals surface area contributed by atoms with Crippen LogP contribution < -0.4 is 4.74 Å². The summed E-state index contributed by atoms with van der Waals surface area (Å²) in [6.45, 7) is 7.81. The van der Waals surface area contributed by atoms with Crippen molar-refractivity contribution in [3.63, 3.8) is 0 Å². The number of piperidine rings is 5. The number of carbonyl (C=O) groups is 10. The van der Waals surface area contributed by atoms with Gasteiger partial charge in [-0.15, -0.1) is 0 Å². The van der Waals surface area contributed by atoms with Crippen molar-refractivity contribution < 1.29 is 182 Å². The fraction of sp³-hybridized carbons (Fsp3) is 0.663. The maximum atomic E-state index is 14.7. The number of halogens is 24. The largest absolute Gasteiger partial charge is 0.480 e.